The molecule has 1 atom stereocenters. The van der Waals surface area contributed by atoms with Crippen molar-refractivity contribution in [3.63, 3.8) is 0 Å². The van der Waals surface area contributed by atoms with Crippen LogP contribution in [0, 0.1) is 0 Å². The molecule has 0 saturated carbocycles. The maximum atomic E-state index is 12.5. The Morgan fingerprint density at radius 3 is 2.81 bits per heavy atom. The Morgan fingerprint density at radius 1 is 1.52 bits per heavy atom. The molecule has 2 aromatic heterocycles. The molecule has 2 aromatic rings. The van der Waals surface area contributed by atoms with E-state index in [0.717, 1.165) is 16.7 Å². The number of amides is 1. The molecule has 5 nitrogen and oxygen atoms in total. The lowest BCUT2D eigenvalue weighted by atomic mass is 10.2. The Balaban J connectivity index is 2.02. The fourth-order valence-electron chi connectivity index (χ4n) is 1.70. The van der Waals surface area contributed by atoms with Gasteiger partial charge in [0.25, 0.3) is 0 Å². The Kier molecular flexibility index (Phi) is 4.61. The molecule has 0 fully saturated rings. The van der Waals surface area contributed by atoms with E-state index in [1.54, 1.807) is 25.4 Å². The summed E-state index contributed by atoms with van der Waals surface area (Å²) in [4.78, 5) is 15.4. The molecule has 0 aliphatic carbocycles. The van der Waals surface area contributed by atoms with Gasteiger partial charge in [-0.25, -0.2) is 4.98 Å². The third kappa shape index (κ3) is 4.03. The average molecular weight is 318 g/mol. The number of halogens is 3. The number of thiazole rings is 1. The van der Waals surface area contributed by atoms with E-state index in [0.29, 0.717) is 6.42 Å². The fraction of sp³-hybridized carbons (Fsp3) is 0.417. The minimum Gasteiger partial charge on any atom is -0.345 e. The number of hydrogen-bond donors (Lipinski definition) is 1. The summed E-state index contributed by atoms with van der Waals surface area (Å²) in [6, 6.07) is 1.15. The van der Waals surface area contributed by atoms with Crippen LogP contribution in [0.2, 0.25) is 0 Å². The van der Waals surface area contributed by atoms with Crippen molar-refractivity contribution in [2.45, 2.75) is 32.1 Å². The van der Waals surface area contributed by atoms with Crippen LogP contribution in [0.3, 0.4) is 0 Å². The molecule has 1 N–H and O–H groups in total. The molecule has 0 aromatic carbocycles. The van der Waals surface area contributed by atoms with Crippen molar-refractivity contribution in [1.29, 1.82) is 0 Å². The van der Waals surface area contributed by atoms with E-state index in [1.807, 2.05) is 0 Å². The van der Waals surface area contributed by atoms with Crippen molar-refractivity contribution in [2.24, 2.45) is 0 Å². The standard InChI is InChI=1S/C12H13F3N4OS/c1-2-8(11-18-9(7-21-11)12(13,14)15)17-10(20)6-19-5-3-4-16-19/h3-5,7-8H,2,6H2,1H3,(H,17,20). The van der Waals surface area contributed by atoms with E-state index in [4.69, 9.17) is 0 Å². The van der Waals surface area contributed by atoms with Gasteiger partial charge in [0.15, 0.2) is 5.69 Å². The van der Waals surface area contributed by atoms with Crippen molar-refractivity contribution >= 4 is 17.2 Å². The number of hydrogen-bond acceptors (Lipinski definition) is 4. The second-order valence-electron chi connectivity index (χ2n) is 4.30. The zero-order valence-corrected chi connectivity index (χ0v) is 11.9. The minimum atomic E-state index is -4.47. The molecule has 0 bridgehead atoms. The molecular weight excluding hydrogens is 305 g/mol. The van der Waals surface area contributed by atoms with Gasteiger partial charge in [0, 0.05) is 17.8 Å². The number of aromatic nitrogens is 3. The number of carbonyl (C=O) groups excluding carboxylic acids is 1. The summed E-state index contributed by atoms with van der Waals surface area (Å²) in [6.07, 6.45) is -0.839. The summed E-state index contributed by atoms with van der Waals surface area (Å²) in [5.74, 6) is -0.325. The quantitative estimate of drug-likeness (QED) is 0.922. The first-order chi connectivity index (χ1) is 9.90. The number of nitrogens with one attached hydrogen (secondary N) is 1. The lowest BCUT2D eigenvalue weighted by molar-refractivity contribution is -0.140. The molecule has 2 rings (SSSR count). The molecular formula is C12H13F3N4OS. The van der Waals surface area contributed by atoms with Gasteiger partial charge in [-0.05, 0) is 12.5 Å². The van der Waals surface area contributed by atoms with Gasteiger partial charge in [-0.1, -0.05) is 6.92 Å². The monoisotopic (exact) mass is 318 g/mol. The maximum absolute atomic E-state index is 12.5. The number of rotatable bonds is 5. The molecule has 9 heteroatoms. The van der Waals surface area contributed by atoms with E-state index in [2.05, 4.69) is 15.4 Å². The summed E-state index contributed by atoms with van der Waals surface area (Å²) in [6.45, 7) is 1.79. The van der Waals surface area contributed by atoms with Crippen LogP contribution < -0.4 is 5.32 Å². The lowest BCUT2D eigenvalue weighted by Crippen LogP contribution is -2.31. The van der Waals surface area contributed by atoms with E-state index < -0.39 is 17.9 Å². The Labute approximate surface area is 122 Å². The van der Waals surface area contributed by atoms with E-state index in [1.165, 1.54) is 4.68 Å². The van der Waals surface area contributed by atoms with Crippen molar-refractivity contribution in [2.75, 3.05) is 0 Å². The highest BCUT2D eigenvalue weighted by atomic mass is 32.1. The molecule has 0 saturated heterocycles. The summed E-state index contributed by atoms with van der Waals surface area (Å²) >= 11 is 0.891. The highest BCUT2D eigenvalue weighted by molar-refractivity contribution is 7.09. The van der Waals surface area contributed by atoms with Crippen molar-refractivity contribution in [3.05, 3.63) is 34.5 Å². The second kappa shape index (κ2) is 6.25. The molecule has 0 aliphatic rings. The molecule has 2 heterocycles. The smallest absolute Gasteiger partial charge is 0.345 e. The van der Waals surface area contributed by atoms with Gasteiger partial charge >= 0.3 is 6.18 Å². The Morgan fingerprint density at radius 2 is 2.29 bits per heavy atom. The molecule has 21 heavy (non-hydrogen) atoms. The molecule has 0 spiro atoms. The number of carbonyl (C=O) groups is 1. The highest BCUT2D eigenvalue weighted by Crippen LogP contribution is 2.32. The first kappa shape index (κ1) is 15.5. The topological polar surface area (TPSA) is 59.8 Å². The highest BCUT2D eigenvalue weighted by Gasteiger charge is 2.34. The lowest BCUT2D eigenvalue weighted by Gasteiger charge is -2.14. The van der Waals surface area contributed by atoms with Gasteiger partial charge in [-0.3, -0.25) is 9.48 Å². The Hall–Kier alpha value is -1.90. The van der Waals surface area contributed by atoms with Gasteiger partial charge in [0.05, 0.1) is 6.04 Å². The summed E-state index contributed by atoms with van der Waals surface area (Å²) in [7, 11) is 0. The Bertz CT molecular complexity index is 594. The zero-order valence-electron chi connectivity index (χ0n) is 11.1. The molecule has 0 radical (unpaired) electrons. The molecule has 0 aliphatic heterocycles. The SMILES string of the molecule is CCC(NC(=O)Cn1cccn1)c1nc(C(F)(F)F)cs1. The van der Waals surface area contributed by atoms with Crippen LogP contribution >= 0.6 is 11.3 Å². The normalized spacial score (nSPS) is 13.1. The number of alkyl halides is 3. The van der Waals surface area contributed by atoms with Gasteiger partial charge in [0.2, 0.25) is 5.91 Å². The summed E-state index contributed by atoms with van der Waals surface area (Å²) in [5, 5.41) is 7.76. The van der Waals surface area contributed by atoms with Crippen molar-refractivity contribution in [3.8, 4) is 0 Å². The van der Waals surface area contributed by atoms with E-state index >= 15 is 0 Å². The zero-order chi connectivity index (χ0) is 15.5. The van der Waals surface area contributed by atoms with E-state index in [9.17, 15) is 18.0 Å². The van der Waals surface area contributed by atoms with Crippen molar-refractivity contribution < 1.29 is 18.0 Å². The number of nitrogens with zero attached hydrogens (tertiary/aromatic N) is 3. The maximum Gasteiger partial charge on any atom is 0.434 e. The predicted molar refractivity (Wildman–Crippen MR) is 70.5 cm³/mol. The minimum absolute atomic E-state index is 0.0149. The van der Waals surface area contributed by atoms with Gasteiger partial charge in [-0.15, -0.1) is 11.3 Å². The fourth-order valence-corrected chi connectivity index (χ4v) is 2.66. The first-order valence-electron chi connectivity index (χ1n) is 6.19. The van der Waals surface area contributed by atoms with Gasteiger partial charge < -0.3 is 5.32 Å². The average Bonchev–Trinajstić information content (AvgIpc) is 3.05. The molecule has 1 amide bonds. The van der Waals surface area contributed by atoms with Crippen molar-refractivity contribution in [1.82, 2.24) is 20.1 Å². The van der Waals surface area contributed by atoms with Crippen LogP contribution in [-0.4, -0.2) is 20.7 Å². The third-order valence-electron chi connectivity index (χ3n) is 2.72. The van der Waals surface area contributed by atoms with Crippen LogP contribution in [0.5, 0.6) is 0 Å². The largest absolute Gasteiger partial charge is 0.434 e. The molecule has 114 valence electrons. The molecule has 1 unspecified atom stereocenters. The van der Waals surface area contributed by atoms with Crippen LogP contribution in [0.1, 0.15) is 30.1 Å². The van der Waals surface area contributed by atoms with Gasteiger partial charge in [0.1, 0.15) is 11.6 Å². The van der Waals surface area contributed by atoms with Gasteiger partial charge in [-0.2, -0.15) is 18.3 Å². The predicted octanol–water partition coefficient (Wildman–Crippen LogP) is 2.63. The first-order valence-corrected chi connectivity index (χ1v) is 7.07. The van der Waals surface area contributed by atoms with E-state index in [-0.39, 0.29) is 17.5 Å². The van der Waals surface area contributed by atoms with Crippen LogP contribution in [0.4, 0.5) is 13.2 Å². The van der Waals surface area contributed by atoms with Crippen LogP contribution in [-0.2, 0) is 17.5 Å². The summed E-state index contributed by atoms with van der Waals surface area (Å²) < 4.78 is 39.0. The third-order valence-corrected chi connectivity index (χ3v) is 3.68. The van der Waals surface area contributed by atoms with Crippen LogP contribution in [0.25, 0.3) is 0 Å². The van der Waals surface area contributed by atoms with Crippen LogP contribution in [0.15, 0.2) is 23.8 Å². The summed E-state index contributed by atoms with van der Waals surface area (Å²) in [5.41, 5.74) is -0.928. The second-order valence-corrected chi connectivity index (χ2v) is 5.19.